The lowest BCUT2D eigenvalue weighted by Crippen LogP contribution is -2.19. The van der Waals surface area contributed by atoms with Gasteiger partial charge in [0.2, 0.25) is 0 Å². The predicted molar refractivity (Wildman–Crippen MR) is 110 cm³/mol. The fourth-order valence-electron chi connectivity index (χ4n) is 3.01. The van der Waals surface area contributed by atoms with Crippen LogP contribution < -0.4 is 5.56 Å². The lowest BCUT2D eigenvalue weighted by atomic mass is 10.0. The first-order chi connectivity index (χ1) is 12.6. The molecule has 0 aliphatic carbocycles. The minimum Gasteiger partial charge on any atom is -0.290 e. The number of benzene rings is 2. The molecule has 4 rings (SSSR count). The van der Waals surface area contributed by atoms with Crippen molar-refractivity contribution in [3.8, 4) is 0 Å². The summed E-state index contributed by atoms with van der Waals surface area (Å²) in [6.07, 6.45) is 0. The number of aryl methyl sites for hydroxylation is 1. The number of hydrogen-bond acceptors (Lipinski definition) is 4. The summed E-state index contributed by atoms with van der Waals surface area (Å²) in [5, 5.41) is 3.42. The van der Waals surface area contributed by atoms with Gasteiger partial charge in [-0.25, -0.2) is 4.98 Å². The summed E-state index contributed by atoms with van der Waals surface area (Å²) >= 11 is 3.14. The fourth-order valence-corrected chi connectivity index (χ4v) is 5.10. The maximum absolute atomic E-state index is 12.6. The van der Waals surface area contributed by atoms with E-state index in [9.17, 15) is 4.79 Å². The van der Waals surface area contributed by atoms with E-state index in [2.05, 4.69) is 55.5 Å². The molecular weight excluding hydrogens is 360 g/mol. The van der Waals surface area contributed by atoms with Gasteiger partial charge in [0.25, 0.3) is 5.56 Å². The van der Waals surface area contributed by atoms with E-state index in [1.54, 1.807) is 23.4 Å². The lowest BCUT2D eigenvalue weighted by Gasteiger charge is -2.20. The molecule has 2 aromatic carbocycles. The molecule has 0 aliphatic rings. The molecule has 0 fully saturated rings. The van der Waals surface area contributed by atoms with Crippen molar-refractivity contribution in [2.75, 3.05) is 0 Å². The van der Waals surface area contributed by atoms with E-state index in [1.807, 2.05) is 17.5 Å². The molecule has 130 valence electrons. The van der Waals surface area contributed by atoms with Gasteiger partial charge in [-0.2, -0.15) is 0 Å². The van der Waals surface area contributed by atoms with Gasteiger partial charge in [0.15, 0.2) is 5.16 Å². The maximum Gasteiger partial charge on any atom is 0.262 e. The minimum absolute atomic E-state index is 0.00958. The van der Waals surface area contributed by atoms with Crippen molar-refractivity contribution in [1.29, 1.82) is 0 Å². The highest BCUT2D eigenvalue weighted by Gasteiger charge is 2.20. The highest BCUT2D eigenvalue weighted by Crippen LogP contribution is 2.40. The van der Waals surface area contributed by atoms with Crippen LogP contribution in [0.4, 0.5) is 0 Å². The molecule has 2 heterocycles. The van der Waals surface area contributed by atoms with E-state index < -0.39 is 0 Å². The molecular formula is C21H18N2OS2. The Morgan fingerprint density at radius 3 is 2.54 bits per heavy atom. The standard InChI is InChI=1S/C21H18N2OS2/c1-14-8-6-7-11-16(14)18(15-9-4-3-5-10-15)26-21-22-19-17(12-13-25-19)20(24)23(21)2/h3-13,18H,1-2H3. The van der Waals surface area contributed by atoms with Crippen molar-refractivity contribution in [3.63, 3.8) is 0 Å². The number of nitrogens with zero attached hydrogens (tertiary/aromatic N) is 2. The molecule has 4 aromatic rings. The number of thioether (sulfide) groups is 1. The fraction of sp³-hybridized carbons (Fsp3) is 0.143. The third-order valence-electron chi connectivity index (χ3n) is 4.46. The zero-order valence-electron chi connectivity index (χ0n) is 14.5. The van der Waals surface area contributed by atoms with Crippen molar-refractivity contribution >= 4 is 33.3 Å². The highest BCUT2D eigenvalue weighted by atomic mass is 32.2. The highest BCUT2D eigenvalue weighted by molar-refractivity contribution is 7.99. The Morgan fingerprint density at radius 1 is 1.04 bits per heavy atom. The molecule has 1 atom stereocenters. The van der Waals surface area contributed by atoms with Crippen molar-refractivity contribution in [3.05, 3.63) is 93.1 Å². The summed E-state index contributed by atoms with van der Waals surface area (Å²) in [6, 6.07) is 20.6. The van der Waals surface area contributed by atoms with Crippen LogP contribution in [0.25, 0.3) is 10.2 Å². The molecule has 1 unspecified atom stereocenters. The quantitative estimate of drug-likeness (QED) is 0.362. The lowest BCUT2D eigenvalue weighted by molar-refractivity contribution is 0.726. The predicted octanol–water partition coefficient (Wildman–Crippen LogP) is 5.19. The van der Waals surface area contributed by atoms with Crippen LogP contribution >= 0.6 is 23.1 Å². The summed E-state index contributed by atoms with van der Waals surface area (Å²) in [7, 11) is 1.80. The normalized spacial score (nSPS) is 12.4. The molecule has 26 heavy (non-hydrogen) atoms. The van der Waals surface area contributed by atoms with Crippen molar-refractivity contribution in [2.24, 2.45) is 7.05 Å². The van der Waals surface area contributed by atoms with Gasteiger partial charge in [-0.3, -0.25) is 9.36 Å². The van der Waals surface area contributed by atoms with Gasteiger partial charge in [0.1, 0.15) is 4.83 Å². The van der Waals surface area contributed by atoms with Crippen molar-refractivity contribution in [2.45, 2.75) is 17.3 Å². The van der Waals surface area contributed by atoms with E-state index in [-0.39, 0.29) is 10.8 Å². The third-order valence-corrected chi connectivity index (χ3v) is 6.60. The molecule has 0 N–H and O–H groups in total. The molecule has 0 amide bonds. The van der Waals surface area contributed by atoms with E-state index in [1.165, 1.54) is 28.0 Å². The number of hydrogen-bond donors (Lipinski definition) is 0. The number of thiophene rings is 1. The van der Waals surface area contributed by atoms with Crippen LogP contribution in [-0.4, -0.2) is 9.55 Å². The Labute approximate surface area is 160 Å². The van der Waals surface area contributed by atoms with E-state index >= 15 is 0 Å². The maximum atomic E-state index is 12.6. The summed E-state index contributed by atoms with van der Waals surface area (Å²) < 4.78 is 1.66. The average molecular weight is 379 g/mol. The molecule has 3 nitrogen and oxygen atoms in total. The smallest absolute Gasteiger partial charge is 0.262 e. The average Bonchev–Trinajstić information content (AvgIpc) is 3.14. The molecule has 2 aromatic heterocycles. The van der Waals surface area contributed by atoms with Crippen LogP contribution in [-0.2, 0) is 7.05 Å². The summed E-state index contributed by atoms with van der Waals surface area (Å²) in [5.74, 6) is 0. The zero-order chi connectivity index (χ0) is 18.1. The number of rotatable bonds is 4. The van der Waals surface area contributed by atoms with Crippen LogP contribution in [0.2, 0.25) is 0 Å². The Morgan fingerprint density at radius 2 is 1.77 bits per heavy atom. The molecule has 0 spiro atoms. The van der Waals surface area contributed by atoms with Crippen LogP contribution in [0.5, 0.6) is 0 Å². The van der Waals surface area contributed by atoms with Crippen LogP contribution in [0, 0.1) is 6.92 Å². The molecule has 0 bridgehead atoms. The molecule has 0 radical (unpaired) electrons. The first-order valence-electron chi connectivity index (χ1n) is 8.36. The molecule has 0 saturated carbocycles. The minimum atomic E-state index is 0.00958. The van der Waals surface area contributed by atoms with Gasteiger partial charge < -0.3 is 0 Å². The monoisotopic (exact) mass is 378 g/mol. The molecule has 5 heteroatoms. The van der Waals surface area contributed by atoms with Crippen LogP contribution in [0.3, 0.4) is 0 Å². The van der Waals surface area contributed by atoms with Gasteiger partial charge in [-0.05, 0) is 35.1 Å². The number of aromatic nitrogens is 2. The second-order valence-corrected chi connectivity index (χ2v) is 8.13. The molecule has 0 saturated heterocycles. The largest absolute Gasteiger partial charge is 0.290 e. The molecule has 0 aliphatic heterocycles. The summed E-state index contributed by atoms with van der Waals surface area (Å²) in [6.45, 7) is 2.13. The van der Waals surface area contributed by atoms with Crippen molar-refractivity contribution < 1.29 is 0 Å². The third kappa shape index (κ3) is 3.08. The second-order valence-electron chi connectivity index (χ2n) is 6.16. The SMILES string of the molecule is Cc1ccccc1C(Sc1nc2sccc2c(=O)n1C)c1ccccc1. The van der Waals surface area contributed by atoms with Gasteiger partial charge in [0, 0.05) is 7.05 Å². The van der Waals surface area contributed by atoms with Gasteiger partial charge in [0.05, 0.1) is 10.6 Å². The first kappa shape index (κ1) is 17.1. The topological polar surface area (TPSA) is 34.9 Å². The Balaban J connectivity index is 1.85. The van der Waals surface area contributed by atoms with E-state index in [0.717, 1.165) is 9.99 Å². The van der Waals surface area contributed by atoms with Crippen LogP contribution in [0.1, 0.15) is 21.9 Å². The zero-order valence-corrected chi connectivity index (χ0v) is 16.2. The van der Waals surface area contributed by atoms with Crippen molar-refractivity contribution in [1.82, 2.24) is 9.55 Å². The Bertz CT molecular complexity index is 1120. The van der Waals surface area contributed by atoms with Gasteiger partial charge >= 0.3 is 0 Å². The summed E-state index contributed by atoms with van der Waals surface area (Å²) in [4.78, 5) is 18.2. The van der Waals surface area contributed by atoms with Crippen LogP contribution in [0.15, 0.2) is 76.0 Å². The Kier molecular flexibility index (Phi) is 4.66. The van der Waals surface area contributed by atoms with E-state index in [4.69, 9.17) is 4.98 Å². The Hall–Kier alpha value is -2.37. The van der Waals surface area contributed by atoms with E-state index in [0.29, 0.717) is 5.39 Å². The number of fused-ring (bicyclic) bond motifs is 1. The van der Waals surface area contributed by atoms with Gasteiger partial charge in [-0.1, -0.05) is 66.4 Å². The first-order valence-corrected chi connectivity index (χ1v) is 10.1. The summed E-state index contributed by atoms with van der Waals surface area (Å²) in [5.41, 5.74) is 3.68. The van der Waals surface area contributed by atoms with Gasteiger partial charge in [-0.15, -0.1) is 11.3 Å². The second kappa shape index (κ2) is 7.09.